The molecule has 0 aliphatic carbocycles. The van der Waals surface area contributed by atoms with Gasteiger partial charge in [-0.15, -0.1) is 0 Å². The number of likely N-dealkylation sites (tertiary alicyclic amines) is 2. The standard InChI is InChI=1S/C23H29F3N4O4/c1-22(2)12-30(13-22)18-7-14(3-4-16(18)23(24,25)26)34-15-8-29(9-15)21(32)28-6-5-19-17(10-28)27-20(31)11-33-19/h3-4,7,15,17,19H,5-6,8-13H2,1-2H3,(H,27,31)/t17-,19?/m1/s1. The molecule has 4 heterocycles. The van der Waals surface area contributed by atoms with Crippen molar-refractivity contribution < 1.29 is 32.2 Å². The molecule has 4 fully saturated rings. The number of carbonyl (C=O) groups is 2. The molecule has 0 spiro atoms. The number of nitrogens with zero attached hydrogens (tertiary/aromatic N) is 3. The van der Waals surface area contributed by atoms with Crippen LogP contribution in [0.25, 0.3) is 0 Å². The Morgan fingerprint density at radius 1 is 1.18 bits per heavy atom. The van der Waals surface area contributed by atoms with E-state index in [-0.39, 0.29) is 47.9 Å². The molecule has 8 nitrogen and oxygen atoms in total. The second-order valence-electron chi connectivity index (χ2n) is 10.4. The second kappa shape index (κ2) is 8.21. The Morgan fingerprint density at radius 3 is 2.59 bits per heavy atom. The fourth-order valence-electron chi connectivity index (χ4n) is 5.18. The number of urea groups is 1. The molecule has 0 bridgehead atoms. The summed E-state index contributed by atoms with van der Waals surface area (Å²) in [6, 6.07) is 3.54. The molecule has 11 heteroatoms. The van der Waals surface area contributed by atoms with E-state index in [2.05, 4.69) is 5.32 Å². The van der Waals surface area contributed by atoms with Crippen molar-refractivity contribution in [3.63, 3.8) is 0 Å². The Morgan fingerprint density at radius 2 is 1.91 bits per heavy atom. The number of anilines is 1. The lowest BCUT2D eigenvalue weighted by molar-refractivity contribution is -0.140. The lowest BCUT2D eigenvalue weighted by Gasteiger charge is -2.48. The SMILES string of the molecule is CC1(C)CN(c2cc(OC3CN(C(=O)N4CCC5OCC(=O)N[C@@H]5C4)C3)ccc2C(F)(F)F)C1. The Bertz CT molecular complexity index is 971. The number of hydrogen-bond donors (Lipinski definition) is 1. The summed E-state index contributed by atoms with van der Waals surface area (Å²) in [5.41, 5.74) is -0.547. The molecule has 0 aromatic heterocycles. The summed E-state index contributed by atoms with van der Waals surface area (Å²) >= 11 is 0. The molecular weight excluding hydrogens is 453 g/mol. The maximum Gasteiger partial charge on any atom is 0.418 e. The van der Waals surface area contributed by atoms with Crippen molar-refractivity contribution in [1.82, 2.24) is 15.1 Å². The van der Waals surface area contributed by atoms with Crippen LogP contribution in [0.1, 0.15) is 25.8 Å². The van der Waals surface area contributed by atoms with Crippen LogP contribution in [-0.2, 0) is 15.7 Å². The van der Waals surface area contributed by atoms with Crippen LogP contribution < -0.4 is 15.0 Å². The van der Waals surface area contributed by atoms with Crippen LogP contribution >= 0.6 is 0 Å². The lowest BCUT2D eigenvalue weighted by Crippen LogP contribution is -2.65. The summed E-state index contributed by atoms with van der Waals surface area (Å²) in [5.74, 6) is 0.193. The van der Waals surface area contributed by atoms with Crippen LogP contribution in [-0.4, -0.2) is 85.9 Å². The highest BCUT2D eigenvalue weighted by molar-refractivity contribution is 5.79. The Labute approximate surface area is 195 Å². The van der Waals surface area contributed by atoms with E-state index in [4.69, 9.17) is 9.47 Å². The van der Waals surface area contributed by atoms with E-state index in [1.54, 1.807) is 14.7 Å². The Balaban J connectivity index is 1.18. The Hall–Kier alpha value is -2.69. The first-order valence-corrected chi connectivity index (χ1v) is 11.6. The summed E-state index contributed by atoms with van der Waals surface area (Å²) in [5, 5.41) is 2.88. The van der Waals surface area contributed by atoms with Gasteiger partial charge in [-0.25, -0.2) is 4.79 Å². The first-order chi connectivity index (χ1) is 16.0. The number of carbonyl (C=O) groups excluding carboxylic acids is 2. The minimum absolute atomic E-state index is 0.0183. The molecule has 4 aliphatic rings. The van der Waals surface area contributed by atoms with Gasteiger partial charge in [-0.05, 0) is 24.0 Å². The van der Waals surface area contributed by atoms with Crippen molar-refractivity contribution in [3.05, 3.63) is 23.8 Å². The molecular formula is C23H29F3N4O4. The molecule has 5 rings (SSSR count). The molecule has 34 heavy (non-hydrogen) atoms. The molecule has 0 saturated carbocycles. The van der Waals surface area contributed by atoms with Crippen molar-refractivity contribution in [2.75, 3.05) is 50.8 Å². The number of piperidine rings is 1. The van der Waals surface area contributed by atoms with E-state index < -0.39 is 11.7 Å². The summed E-state index contributed by atoms with van der Waals surface area (Å²) in [7, 11) is 0. The van der Waals surface area contributed by atoms with Crippen molar-refractivity contribution >= 4 is 17.6 Å². The van der Waals surface area contributed by atoms with E-state index >= 15 is 0 Å². The number of morpholine rings is 1. The number of alkyl halides is 3. The number of rotatable bonds is 3. The number of nitrogens with one attached hydrogen (secondary N) is 1. The quantitative estimate of drug-likeness (QED) is 0.716. The van der Waals surface area contributed by atoms with Gasteiger partial charge in [-0.1, -0.05) is 13.8 Å². The first-order valence-electron chi connectivity index (χ1n) is 11.6. The van der Waals surface area contributed by atoms with Crippen molar-refractivity contribution in [1.29, 1.82) is 0 Å². The van der Waals surface area contributed by atoms with Crippen molar-refractivity contribution in [3.8, 4) is 5.75 Å². The molecule has 0 radical (unpaired) electrons. The molecule has 186 valence electrons. The molecule has 1 aromatic rings. The van der Waals surface area contributed by atoms with Gasteiger partial charge in [-0.3, -0.25) is 4.79 Å². The van der Waals surface area contributed by atoms with Crippen LogP contribution in [0.4, 0.5) is 23.7 Å². The van der Waals surface area contributed by atoms with Gasteiger partial charge in [0.15, 0.2) is 0 Å². The molecule has 1 aromatic carbocycles. The Kier molecular flexibility index (Phi) is 5.57. The number of halogens is 3. The minimum atomic E-state index is -4.44. The first kappa shape index (κ1) is 23.1. The largest absolute Gasteiger partial charge is 0.487 e. The van der Waals surface area contributed by atoms with Gasteiger partial charge in [0.05, 0.1) is 36.5 Å². The predicted molar refractivity (Wildman–Crippen MR) is 117 cm³/mol. The average molecular weight is 483 g/mol. The van der Waals surface area contributed by atoms with E-state index in [9.17, 15) is 22.8 Å². The van der Waals surface area contributed by atoms with Crippen LogP contribution in [0.2, 0.25) is 0 Å². The van der Waals surface area contributed by atoms with Crippen LogP contribution in [0, 0.1) is 5.41 Å². The molecule has 1 unspecified atom stereocenters. The predicted octanol–water partition coefficient (Wildman–Crippen LogP) is 2.32. The summed E-state index contributed by atoms with van der Waals surface area (Å²) in [6.07, 6.45) is -4.13. The number of amides is 3. The molecule has 4 saturated heterocycles. The maximum absolute atomic E-state index is 13.5. The van der Waals surface area contributed by atoms with E-state index in [1.165, 1.54) is 12.1 Å². The number of benzene rings is 1. The number of ether oxygens (including phenoxy) is 2. The van der Waals surface area contributed by atoms with E-state index in [0.29, 0.717) is 51.4 Å². The van der Waals surface area contributed by atoms with Gasteiger partial charge in [-0.2, -0.15) is 13.2 Å². The highest BCUT2D eigenvalue weighted by Crippen LogP contribution is 2.43. The van der Waals surface area contributed by atoms with Gasteiger partial charge < -0.3 is 29.5 Å². The van der Waals surface area contributed by atoms with Crippen molar-refractivity contribution in [2.24, 2.45) is 5.41 Å². The monoisotopic (exact) mass is 482 g/mol. The highest BCUT2D eigenvalue weighted by Gasteiger charge is 2.42. The van der Waals surface area contributed by atoms with Gasteiger partial charge in [0.2, 0.25) is 5.91 Å². The third-order valence-corrected chi connectivity index (χ3v) is 6.87. The third kappa shape index (κ3) is 4.49. The second-order valence-corrected chi connectivity index (χ2v) is 10.4. The van der Waals surface area contributed by atoms with Gasteiger partial charge in [0.25, 0.3) is 0 Å². The maximum atomic E-state index is 13.5. The fourth-order valence-corrected chi connectivity index (χ4v) is 5.18. The molecule has 3 amide bonds. The number of fused-ring (bicyclic) bond motifs is 1. The van der Waals surface area contributed by atoms with Crippen molar-refractivity contribution in [2.45, 2.75) is 44.7 Å². The highest BCUT2D eigenvalue weighted by atomic mass is 19.4. The smallest absolute Gasteiger partial charge is 0.418 e. The number of hydrogen-bond acceptors (Lipinski definition) is 5. The van der Waals surface area contributed by atoms with Gasteiger partial charge in [0, 0.05) is 32.2 Å². The molecule has 2 atom stereocenters. The van der Waals surface area contributed by atoms with Gasteiger partial charge in [0.1, 0.15) is 18.5 Å². The zero-order valence-corrected chi connectivity index (χ0v) is 19.2. The van der Waals surface area contributed by atoms with E-state index in [1.807, 2.05) is 13.8 Å². The van der Waals surface area contributed by atoms with Crippen LogP contribution in [0.3, 0.4) is 0 Å². The molecule has 1 N–H and O–H groups in total. The van der Waals surface area contributed by atoms with Crippen LogP contribution in [0.15, 0.2) is 18.2 Å². The average Bonchev–Trinajstić information content (AvgIpc) is 2.72. The lowest BCUT2D eigenvalue weighted by atomic mass is 9.83. The fraction of sp³-hybridized carbons (Fsp3) is 0.652. The topological polar surface area (TPSA) is 74.3 Å². The summed E-state index contributed by atoms with van der Waals surface area (Å²) in [4.78, 5) is 29.5. The minimum Gasteiger partial charge on any atom is -0.487 e. The molecule has 4 aliphatic heterocycles. The summed E-state index contributed by atoms with van der Waals surface area (Å²) in [6.45, 7) is 6.87. The third-order valence-electron chi connectivity index (χ3n) is 6.87. The zero-order valence-electron chi connectivity index (χ0n) is 19.2. The summed E-state index contributed by atoms with van der Waals surface area (Å²) < 4.78 is 52.0. The normalized spacial score (nSPS) is 26.9. The van der Waals surface area contributed by atoms with E-state index in [0.717, 1.165) is 6.07 Å². The van der Waals surface area contributed by atoms with Gasteiger partial charge >= 0.3 is 12.2 Å². The van der Waals surface area contributed by atoms with Crippen LogP contribution in [0.5, 0.6) is 5.75 Å². The zero-order chi connectivity index (χ0) is 24.3.